The maximum atomic E-state index is 11.6. The predicted octanol–water partition coefficient (Wildman–Crippen LogP) is 1.01. The molecule has 0 bridgehead atoms. The van der Waals surface area contributed by atoms with Gasteiger partial charge in [-0.15, -0.1) is 0 Å². The largest absolute Gasteiger partial charge is 0.439 e. The van der Waals surface area contributed by atoms with Crippen LogP contribution in [0.25, 0.3) is 0 Å². The summed E-state index contributed by atoms with van der Waals surface area (Å²) in [5.41, 5.74) is 1.53. The molecule has 0 radical (unpaired) electrons. The van der Waals surface area contributed by atoms with E-state index in [1.807, 2.05) is 18.2 Å². The van der Waals surface area contributed by atoms with Crippen molar-refractivity contribution in [3.63, 3.8) is 0 Å². The van der Waals surface area contributed by atoms with Crippen LogP contribution in [0.3, 0.4) is 0 Å². The highest BCUT2D eigenvalue weighted by Gasteiger charge is 2.32. The van der Waals surface area contributed by atoms with E-state index in [-0.39, 0.29) is 12.5 Å². The number of ether oxygens (including phenoxy) is 2. The minimum absolute atomic E-state index is 0.180. The lowest BCUT2D eigenvalue weighted by molar-refractivity contribution is -0.117. The molecule has 0 aromatic heterocycles. The fourth-order valence-corrected chi connectivity index (χ4v) is 2.25. The monoisotopic (exact) mass is 262 g/mol. The van der Waals surface area contributed by atoms with E-state index >= 15 is 0 Å². The molecule has 2 aliphatic rings. The molecule has 19 heavy (non-hydrogen) atoms. The summed E-state index contributed by atoms with van der Waals surface area (Å²) in [5, 5.41) is 0. The third kappa shape index (κ3) is 2.26. The SMILES string of the molecule is O=C1COC(=O)N1c1cccc(N2CCOCC2)c1. The fraction of sp³-hybridized carbons (Fsp3) is 0.385. The van der Waals surface area contributed by atoms with Crippen LogP contribution in [0.4, 0.5) is 16.2 Å². The Balaban J connectivity index is 1.87. The lowest BCUT2D eigenvalue weighted by Crippen LogP contribution is -2.36. The number of hydrogen-bond acceptors (Lipinski definition) is 5. The van der Waals surface area contributed by atoms with E-state index in [1.165, 1.54) is 0 Å². The van der Waals surface area contributed by atoms with Crippen molar-refractivity contribution in [1.29, 1.82) is 0 Å². The van der Waals surface area contributed by atoms with Crippen LogP contribution in [0.15, 0.2) is 24.3 Å². The van der Waals surface area contributed by atoms with Crippen molar-refractivity contribution in [3.8, 4) is 0 Å². The number of hydrogen-bond donors (Lipinski definition) is 0. The number of benzene rings is 1. The Labute approximate surface area is 110 Å². The van der Waals surface area contributed by atoms with Crippen molar-refractivity contribution < 1.29 is 19.1 Å². The summed E-state index contributed by atoms with van der Waals surface area (Å²) in [6, 6.07) is 7.35. The van der Waals surface area contributed by atoms with Crippen molar-refractivity contribution in [2.75, 3.05) is 42.7 Å². The third-order valence-electron chi connectivity index (χ3n) is 3.22. The summed E-state index contributed by atoms with van der Waals surface area (Å²) < 4.78 is 10.0. The number of rotatable bonds is 2. The number of morpholine rings is 1. The highest BCUT2D eigenvalue weighted by molar-refractivity contribution is 6.16. The second-order valence-corrected chi connectivity index (χ2v) is 4.40. The second kappa shape index (κ2) is 4.89. The Morgan fingerprint density at radius 1 is 1.05 bits per heavy atom. The molecule has 0 N–H and O–H groups in total. The van der Waals surface area contributed by atoms with E-state index in [4.69, 9.17) is 9.47 Å². The van der Waals surface area contributed by atoms with Crippen molar-refractivity contribution in [3.05, 3.63) is 24.3 Å². The van der Waals surface area contributed by atoms with Crippen molar-refractivity contribution >= 4 is 23.4 Å². The van der Waals surface area contributed by atoms with Gasteiger partial charge in [0.2, 0.25) is 0 Å². The van der Waals surface area contributed by atoms with Gasteiger partial charge in [-0.1, -0.05) is 6.07 Å². The first-order valence-corrected chi connectivity index (χ1v) is 6.18. The highest BCUT2D eigenvalue weighted by Crippen LogP contribution is 2.25. The highest BCUT2D eigenvalue weighted by atomic mass is 16.6. The number of imide groups is 1. The smallest absolute Gasteiger partial charge is 0.421 e. The van der Waals surface area contributed by atoms with Crippen LogP contribution < -0.4 is 9.80 Å². The standard InChI is InChI=1S/C13H14N2O4/c16-12-9-19-13(17)15(12)11-3-1-2-10(8-11)14-4-6-18-7-5-14/h1-3,8H,4-7,9H2. The Kier molecular flexibility index (Phi) is 3.08. The van der Waals surface area contributed by atoms with Crippen LogP contribution in [0.5, 0.6) is 0 Å². The quantitative estimate of drug-likeness (QED) is 0.796. The molecule has 0 saturated carbocycles. The summed E-state index contributed by atoms with van der Waals surface area (Å²) in [7, 11) is 0. The van der Waals surface area contributed by atoms with E-state index < -0.39 is 6.09 Å². The van der Waals surface area contributed by atoms with Crippen LogP contribution in [-0.2, 0) is 14.3 Å². The average molecular weight is 262 g/mol. The summed E-state index contributed by atoms with van der Waals surface area (Å²) in [6.07, 6.45) is -0.607. The van der Waals surface area contributed by atoms with Crippen LogP contribution >= 0.6 is 0 Å². The number of carbonyl (C=O) groups excluding carboxylic acids is 2. The molecule has 3 rings (SSSR count). The molecule has 1 aromatic rings. The minimum atomic E-state index is -0.607. The van der Waals surface area contributed by atoms with Gasteiger partial charge in [0.15, 0.2) is 6.61 Å². The first kappa shape index (κ1) is 12.0. The molecule has 6 nitrogen and oxygen atoms in total. The van der Waals surface area contributed by atoms with Gasteiger partial charge in [-0.25, -0.2) is 9.69 Å². The third-order valence-corrected chi connectivity index (χ3v) is 3.22. The molecule has 0 atom stereocenters. The Hall–Kier alpha value is -2.08. The predicted molar refractivity (Wildman–Crippen MR) is 68.3 cm³/mol. The molecule has 2 aliphatic heterocycles. The van der Waals surface area contributed by atoms with Gasteiger partial charge in [-0.05, 0) is 18.2 Å². The van der Waals surface area contributed by atoms with Crippen molar-refractivity contribution in [1.82, 2.24) is 0 Å². The molecule has 2 amide bonds. The van der Waals surface area contributed by atoms with Gasteiger partial charge < -0.3 is 14.4 Å². The summed E-state index contributed by atoms with van der Waals surface area (Å²) in [6.45, 7) is 2.81. The molecule has 100 valence electrons. The number of carbonyl (C=O) groups is 2. The van der Waals surface area contributed by atoms with Gasteiger partial charge in [0.05, 0.1) is 18.9 Å². The average Bonchev–Trinajstić information content (AvgIpc) is 2.79. The van der Waals surface area contributed by atoms with Crippen molar-refractivity contribution in [2.45, 2.75) is 0 Å². The van der Waals surface area contributed by atoms with E-state index in [0.29, 0.717) is 18.9 Å². The zero-order valence-electron chi connectivity index (χ0n) is 10.4. The number of nitrogens with zero attached hydrogens (tertiary/aromatic N) is 2. The molecule has 6 heteroatoms. The van der Waals surface area contributed by atoms with Gasteiger partial charge in [-0.2, -0.15) is 0 Å². The maximum absolute atomic E-state index is 11.6. The van der Waals surface area contributed by atoms with Crippen LogP contribution in [-0.4, -0.2) is 44.9 Å². The Bertz CT molecular complexity index is 495. The first-order valence-electron chi connectivity index (χ1n) is 6.18. The van der Waals surface area contributed by atoms with E-state index in [0.717, 1.165) is 23.7 Å². The molecule has 0 unspecified atom stereocenters. The Morgan fingerprint density at radius 3 is 2.47 bits per heavy atom. The lowest BCUT2D eigenvalue weighted by Gasteiger charge is -2.29. The molecular weight excluding hydrogens is 248 g/mol. The molecule has 2 heterocycles. The normalized spacial score (nSPS) is 19.8. The summed E-state index contributed by atoms with van der Waals surface area (Å²) in [4.78, 5) is 26.4. The van der Waals surface area contributed by atoms with Crippen molar-refractivity contribution in [2.24, 2.45) is 0 Å². The molecular formula is C13H14N2O4. The van der Waals surface area contributed by atoms with E-state index in [1.54, 1.807) is 6.07 Å². The van der Waals surface area contributed by atoms with Crippen LogP contribution in [0.2, 0.25) is 0 Å². The Morgan fingerprint density at radius 2 is 1.79 bits per heavy atom. The van der Waals surface area contributed by atoms with E-state index in [2.05, 4.69) is 4.90 Å². The van der Waals surface area contributed by atoms with E-state index in [9.17, 15) is 9.59 Å². The summed E-state index contributed by atoms with van der Waals surface area (Å²) in [5.74, 6) is -0.330. The molecule has 0 aliphatic carbocycles. The van der Waals surface area contributed by atoms with Gasteiger partial charge in [0.25, 0.3) is 5.91 Å². The number of amides is 2. The van der Waals surface area contributed by atoms with Crippen LogP contribution in [0, 0.1) is 0 Å². The second-order valence-electron chi connectivity index (χ2n) is 4.40. The fourth-order valence-electron chi connectivity index (χ4n) is 2.25. The van der Waals surface area contributed by atoms with Gasteiger partial charge in [-0.3, -0.25) is 4.79 Å². The lowest BCUT2D eigenvalue weighted by atomic mass is 10.2. The minimum Gasteiger partial charge on any atom is -0.439 e. The zero-order chi connectivity index (χ0) is 13.2. The van der Waals surface area contributed by atoms with Gasteiger partial charge >= 0.3 is 6.09 Å². The van der Waals surface area contributed by atoms with Crippen LogP contribution in [0.1, 0.15) is 0 Å². The summed E-state index contributed by atoms with van der Waals surface area (Å²) >= 11 is 0. The molecule has 1 aromatic carbocycles. The van der Waals surface area contributed by atoms with Gasteiger partial charge in [0.1, 0.15) is 0 Å². The van der Waals surface area contributed by atoms with Gasteiger partial charge in [0, 0.05) is 18.8 Å². The molecule has 2 saturated heterocycles. The molecule has 2 fully saturated rings. The number of anilines is 2. The topological polar surface area (TPSA) is 59.1 Å². The maximum Gasteiger partial charge on any atom is 0.421 e. The number of cyclic esters (lactones) is 1. The zero-order valence-corrected chi connectivity index (χ0v) is 10.4. The molecule has 0 spiro atoms. The first-order chi connectivity index (χ1) is 9.25.